The summed E-state index contributed by atoms with van der Waals surface area (Å²) >= 11 is 0. The molecule has 110 valence electrons. The molecule has 3 rings (SSSR count). The average molecular weight is 284 g/mol. The van der Waals surface area contributed by atoms with E-state index < -0.39 is 36.5 Å². The normalized spacial score (nSPS) is 36.9. The van der Waals surface area contributed by atoms with Crippen molar-refractivity contribution in [2.24, 2.45) is 0 Å². The Balaban J connectivity index is 1.75. The van der Waals surface area contributed by atoms with Gasteiger partial charge in [0.2, 0.25) is 0 Å². The Morgan fingerprint density at radius 3 is 2.45 bits per heavy atom. The van der Waals surface area contributed by atoms with E-state index >= 15 is 0 Å². The number of halogens is 1. The summed E-state index contributed by atoms with van der Waals surface area (Å²) in [4.78, 5) is 0. The van der Waals surface area contributed by atoms with Crippen LogP contribution in [0, 0.1) is 5.82 Å². The van der Waals surface area contributed by atoms with Crippen molar-refractivity contribution in [3.05, 3.63) is 35.6 Å². The molecule has 0 amide bonds. The molecule has 1 aromatic rings. The van der Waals surface area contributed by atoms with Gasteiger partial charge in [0.15, 0.2) is 12.1 Å². The molecule has 0 saturated carbocycles. The molecule has 2 saturated heterocycles. The van der Waals surface area contributed by atoms with Gasteiger partial charge in [-0.05, 0) is 31.5 Å². The lowest BCUT2D eigenvalue weighted by Crippen LogP contribution is -2.37. The molecule has 0 radical (unpaired) electrons. The summed E-state index contributed by atoms with van der Waals surface area (Å²) in [5.74, 6) is -1.21. The van der Waals surface area contributed by atoms with E-state index in [-0.39, 0.29) is 5.82 Å². The standard InChI is InChI=1S/C14H17FO5/c1-14(2)19-12-10(17)11(18-13(12)20-14)9(16)7-3-5-8(15)6-4-7/h3-6,9-13,16-17H,1-2H3/t9-,10-,11-,12+,13+/m0/s1. The maximum Gasteiger partial charge on any atom is 0.190 e. The van der Waals surface area contributed by atoms with Crippen molar-refractivity contribution in [1.82, 2.24) is 0 Å². The Hall–Kier alpha value is -1.05. The lowest BCUT2D eigenvalue weighted by atomic mass is 9.99. The maximum absolute atomic E-state index is 12.9. The van der Waals surface area contributed by atoms with Gasteiger partial charge >= 0.3 is 0 Å². The van der Waals surface area contributed by atoms with Crippen LogP contribution >= 0.6 is 0 Å². The van der Waals surface area contributed by atoms with Crippen LogP contribution in [0.25, 0.3) is 0 Å². The fraction of sp³-hybridized carbons (Fsp3) is 0.571. The van der Waals surface area contributed by atoms with E-state index in [1.807, 2.05) is 0 Å². The van der Waals surface area contributed by atoms with Crippen molar-refractivity contribution in [3.8, 4) is 0 Å². The predicted octanol–water partition coefficient (Wildman–Crippen LogP) is 1.10. The number of hydrogen-bond acceptors (Lipinski definition) is 5. The van der Waals surface area contributed by atoms with Gasteiger partial charge < -0.3 is 24.4 Å². The van der Waals surface area contributed by atoms with Gasteiger partial charge in [0.1, 0.15) is 30.2 Å². The molecule has 0 unspecified atom stereocenters. The first kappa shape index (κ1) is 13.9. The fourth-order valence-corrected chi connectivity index (χ4v) is 2.63. The second-order valence-electron chi connectivity index (χ2n) is 5.56. The minimum Gasteiger partial charge on any atom is -0.387 e. The lowest BCUT2D eigenvalue weighted by Gasteiger charge is -2.26. The highest BCUT2D eigenvalue weighted by atomic mass is 19.1. The van der Waals surface area contributed by atoms with Gasteiger partial charge in [-0.3, -0.25) is 0 Å². The van der Waals surface area contributed by atoms with Gasteiger partial charge in [-0.1, -0.05) is 12.1 Å². The maximum atomic E-state index is 12.9. The Kier molecular flexibility index (Phi) is 3.30. The van der Waals surface area contributed by atoms with Crippen molar-refractivity contribution in [2.45, 2.75) is 50.3 Å². The van der Waals surface area contributed by atoms with Crippen LogP contribution < -0.4 is 0 Å². The molecule has 2 heterocycles. The van der Waals surface area contributed by atoms with Crippen LogP contribution in [-0.4, -0.2) is 40.6 Å². The zero-order chi connectivity index (χ0) is 14.5. The Bertz CT molecular complexity index is 489. The highest BCUT2D eigenvalue weighted by Crippen LogP contribution is 2.40. The monoisotopic (exact) mass is 284 g/mol. The minimum absolute atomic E-state index is 0.390. The molecule has 2 aliphatic heterocycles. The third-order valence-corrected chi connectivity index (χ3v) is 3.58. The number of rotatable bonds is 2. The van der Waals surface area contributed by atoms with Crippen LogP contribution in [0.5, 0.6) is 0 Å². The largest absolute Gasteiger partial charge is 0.387 e. The van der Waals surface area contributed by atoms with Crippen molar-refractivity contribution in [2.75, 3.05) is 0 Å². The molecular weight excluding hydrogens is 267 g/mol. The summed E-state index contributed by atoms with van der Waals surface area (Å²) in [5.41, 5.74) is 0.467. The van der Waals surface area contributed by atoms with Crippen LogP contribution in [0.3, 0.4) is 0 Å². The van der Waals surface area contributed by atoms with Gasteiger partial charge in [0, 0.05) is 0 Å². The first-order valence-electron chi connectivity index (χ1n) is 6.50. The third-order valence-electron chi connectivity index (χ3n) is 3.58. The second-order valence-corrected chi connectivity index (χ2v) is 5.56. The Morgan fingerprint density at radius 1 is 1.20 bits per heavy atom. The molecule has 2 fully saturated rings. The highest BCUT2D eigenvalue weighted by Gasteiger charge is 2.56. The second kappa shape index (κ2) is 4.75. The summed E-state index contributed by atoms with van der Waals surface area (Å²) < 4.78 is 29.5. The summed E-state index contributed by atoms with van der Waals surface area (Å²) in [6, 6.07) is 5.40. The highest BCUT2D eigenvalue weighted by molar-refractivity contribution is 5.20. The molecule has 0 spiro atoms. The van der Waals surface area contributed by atoms with Crippen LogP contribution in [0.15, 0.2) is 24.3 Å². The minimum atomic E-state index is -1.08. The van der Waals surface area contributed by atoms with Crippen LogP contribution in [0.4, 0.5) is 4.39 Å². The summed E-state index contributed by atoms with van der Waals surface area (Å²) in [7, 11) is 0. The van der Waals surface area contributed by atoms with Gasteiger partial charge in [0.25, 0.3) is 0 Å². The molecule has 5 atom stereocenters. The van der Waals surface area contributed by atoms with E-state index in [4.69, 9.17) is 14.2 Å². The van der Waals surface area contributed by atoms with Crippen LogP contribution in [-0.2, 0) is 14.2 Å². The third kappa shape index (κ3) is 2.34. The topological polar surface area (TPSA) is 68.2 Å². The van der Waals surface area contributed by atoms with E-state index in [1.165, 1.54) is 24.3 Å². The van der Waals surface area contributed by atoms with E-state index in [2.05, 4.69) is 0 Å². The molecule has 6 heteroatoms. The lowest BCUT2D eigenvalue weighted by molar-refractivity contribution is -0.226. The molecule has 2 aliphatic rings. The Labute approximate surface area is 115 Å². The van der Waals surface area contributed by atoms with Crippen molar-refractivity contribution >= 4 is 0 Å². The van der Waals surface area contributed by atoms with Gasteiger partial charge in [-0.15, -0.1) is 0 Å². The predicted molar refractivity (Wildman–Crippen MR) is 66.1 cm³/mol. The number of hydrogen-bond donors (Lipinski definition) is 2. The van der Waals surface area contributed by atoms with E-state index in [1.54, 1.807) is 13.8 Å². The fourth-order valence-electron chi connectivity index (χ4n) is 2.63. The quantitative estimate of drug-likeness (QED) is 0.851. The van der Waals surface area contributed by atoms with Crippen LogP contribution in [0.2, 0.25) is 0 Å². The number of ether oxygens (including phenoxy) is 3. The molecule has 0 aliphatic carbocycles. The summed E-state index contributed by atoms with van der Waals surface area (Å²) in [6.07, 6.45) is -4.30. The average Bonchev–Trinajstić information content (AvgIpc) is 2.84. The first-order valence-corrected chi connectivity index (χ1v) is 6.50. The van der Waals surface area contributed by atoms with E-state index in [9.17, 15) is 14.6 Å². The number of fused-ring (bicyclic) bond motifs is 1. The molecular formula is C14H17FO5. The zero-order valence-electron chi connectivity index (χ0n) is 11.2. The van der Waals surface area contributed by atoms with Crippen molar-refractivity contribution in [3.63, 3.8) is 0 Å². The molecule has 1 aromatic carbocycles. The van der Waals surface area contributed by atoms with Crippen molar-refractivity contribution in [1.29, 1.82) is 0 Å². The van der Waals surface area contributed by atoms with E-state index in [0.29, 0.717) is 5.56 Å². The SMILES string of the molecule is CC1(C)O[C@H]2O[C@@H]([C@@H](O)c3ccc(F)cc3)[C@H](O)[C@H]2O1. The van der Waals surface area contributed by atoms with Gasteiger partial charge in [0.05, 0.1) is 0 Å². The molecule has 0 bridgehead atoms. The zero-order valence-corrected chi connectivity index (χ0v) is 11.2. The van der Waals surface area contributed by atoms with Crippen LogP contribution in [0.1, 0.15) is 25.5 Å². The van der Waals surface area contributed by atoms with Gasteiger partial charge in [-0.2, -0.15) is 0 Å². The van der Waals surface area contributed by atoms with E-state index in [0.717, 1.165) is 0 Å². The number of aliphatic hydroxyl groups is 2. The molecule has 2 N–H and O–H groups in total. The summed E-state index contributed by atoms with van der Waals surface area (Å²) in [5, 5.41) is 20.5. The molecule has 5 nitrogen and oxygen atoms in total. The van der Waals surface area contributed by atoms with Crippen molar-refractivity contribution < 1.29 is 28.8 Å². The number of benzene rings is 1. The smallest absolute Gasteiger partial charge is 0.190 e. The van der Waals surface area contributed by atoms with Gasteiger partial charge in [-0.25, -0.2) is 4.39 Å². The Morgan fingerprint density at radius 2 is 1.85 bits per heavy atom. The first-order chi connectivity index (χ1) is 9.37. The molecule has 20 heavy (non-hydrogen) atoms. The molecule has 0 aromatic heterocycles. The summed E-state index contributed by atoms with van der Waals surface area (Å²) in [6.45, 7) is 3.46. The number of aliphatic hydroxyl groups excluding tert-OH is 2.